The van der Waals surface area contributed by atoms with Crippen molar-refractivity contribution in [3.8, 4) is 0 Å². The van der Waals surface area contributed by atoms with E-state index in [1.165, 1.54) is 0 Å². The lowest BCUT2D eigenvalue weighted by molar-refractivity contribution is 0.112. The van der Waals surface area contributed by atoms with E-state index in [0.29, 0.717) is 5.92 Å². The number of carbonyl (C=O) groups excluding carboxylic acids is 1. The highest BCUT2D eigenvalue weighted by Gasteiger charge is 2.13. The minimum atomic E-state index is 0.560. The molecule has 106 valence electrons. The third-order valence-corrected chi connectivity index (χ3v) is 3.35. The highest BCUT2D eigenvalue weighted by molar-refractivity contribution is 9.10. The van der Waals surface area contributed by atoms with Crippen LogP contribution in [0.1, 0.15) is 24.2 Å². The van der Waals surface area contributed by atoms with E-state index in [9.17, 15) is 4.79 Å². The highest BCUT2D eigenvalue weighted by Crippen LogP contribution is 2.24. The Balaban J connectivity index is 2.98. The van der Waals surface area contributed by atoms with Gasteiger partial charge < -0.3 is 9.80 Å². The number of hydrogen-bond acceptors (Lipinski definition) is 3. The van der Waals surface area contributed by atoms with E-state index in [2.05, 4.69) is 53.7 Å². The van der Waals surface area contributed by atoms with Gasteiger partial charge in [0.1, 0.15) is 0 Å². The minimum Gasteiger partial charge on any atom is -0.369 e. The van der Waals surface area contributed by atoms with E-state index >= 15 is 0 Å². The highest BCUT2D eigenvalue weighted by atomic mass is 79.9. The predicted octanol–water partition coefficient (Wildman–Crippen LogP) is 3.29. The fourth-order valence-electron chi connectivity index (χ4n) is 1.98. The number of hydrogen-bond donors (Lipinski definition) is 0. The number of carbonyl (C=O) groups is 1. The lowest BCUT2D eigenvalue weighted by Gasteiger charge is -2.29. The number of aldehydes is 1. The van der Waals surface area contributed by atoms with Gasteiger partial charge in [-0.25, -0.2) is 0 Å². The second-order valence-electron chi connectivity index (χ2n) is 5.46. The van der Waals surface area contributed by atoms with Crippen molar-refractivity contribution < 1.29 is 4.79 Å². The molecule has 0 bridgehead atoms. The fourth-order valence-corrected chi connectivity index (χ4v) is 2.36. The second kappa shape index (κ2) is 7.65. The van der Waals surface area contributed by atoms with E-state index in [1.54, 1.807) is 0 Å². The van der Waals surface area contributed by atoms with Crippen LogP contribution in [-0.4, -0.2) is 44.9 Å². The van der Waals surface area contributed by atoms with E-state index in [1.807, 2.05) is 18.2 Å². The summed E-state index contributed by atoms with van der Waals surface area (Å²) in [6.07, 6.45) is 0.934. The number of likely N-dealkylation sites (N-methyl/N-ethyl adjacent to an activating group) is 1. The Labute approximate surface area is 124 Å². The zero-order valence-electron chi connectivity index (χ0n) is 12.2. The summed E-state index contributed by atoms with van der Waals surface area (Å²) in [5.41, 5.74) is 1.77. The van der Waals surface area contributed by atoms with Crippen LogP contribution in [0.5, 0.6) is 0 Å². The van der Waals surface area contributed by atoms with Gasteiger partial charge in [0.05, 0.1) is 0 Å². The zero-order chi connectivity index (χ0) is 14.4. The zero-order valence-corrected chi connectivity index (χ0v) is 13.8. The summed E-state index contributed by atoms with van der Waals surface area (Å²) in [6.45, 7) is 7.25. The van der Waals surface area contributed by atoms with Gasteiger partial charge in [-0.2, -0.15) is 0 Å². The molecule has 0 aliphatic carbocycles. The monoisotopic (exact) mass is 326 g/mol. The molecule has 0 aromatic heterocycles. The lowest BCUT2D eigenvalue weighted by atomic mass is 10.1. The number of anilines is 1. The molecule has 0 unspecified atom stereocenters. The third-order valence-electron chi connectivity index (χ3n) is 2.86. The van der Waals surface area contributed by atoms with Crippen molar-refractivity contribution in [2.45, 2.75) is 13.8 Å². The molecule has 0 amide bonds. The first-order valence-electron chi connectivity index (χ1n) is 6.58. The standard InChI is InChI=1S/C15H23BrN2O/c1-12(2)10-18(8-7-17(3)4)15-6-5-14(16)9-13(15)11-19/h5-6,9,11-12H,7-8,10H2,1-4H3. The molecule has 3 nitrogen and oxygen atoms in total. The molecule has 1 aromatic rings. The molecule has 0 fully saturated rings. The van der Waals surface area contributed by atoms with Gasteiger partial charge >= 0.3 is 0 Å². The Hall–Kier alpha value is -0.870. The molecule has 0 saturated carbocycles. The minimum absolute atomic E-state index is 0.560. The lowest BCUT2D eigenvalue weighted by Crippen LogP contribution is -2.35. The Bertz CT molecular complexity index is 419. The largest absolute Gasteiger partial charge is 0.369 e. The normalized spacial score (nSPS) is 11.1. The number of nitrogens with zero attached hydrogens (tertiary/aromatic N) is 2. The van der Waals surface area contributed by atoms with E-state index < -0.39 is 0 Å². The molecule has 0 heterocycles. The first-order chi connectivity index (χ1) is 8.93. The molecule has 4 heteroatoms. The van der Waals surface area contributed by atoms with Gasteiger partial charge in [-0.1, -0.05) is 29.8 Å². The summed E-state index contributed by atoms with van der Waals surface area (Å²) in [4.78, 5) is 15.7. The van der Waals surface area contributed by atoms with Gasteiger partial charge in [0.15, 0.2) is 6.29 Å². The molecule has 0 spiro atoms. The fraction of sp³-hybridized carbons (Fsp3) is 0.533. The van der Waals surface area contributed by atoms with Crippen LogP contribution in [-0.2, 0) is 0 Å². The van der Waals surface area contributed by atoms with E-state index in [-0.39, 0.29) is 0 Å². The second-order valence-corrected chi connectivity index (χ2v) is 6.38. The summed E-state index contributed by atoms with van der Waals surface area (Å²) in [7, 11) is 4.13. The van der Waals surface area contributed by atoms with E-state index in [0.717, 1.165) is 41.6 Å². The molecular formula is C15H23BrN2O. The van der Waals surface area contributed by atoms with Crippen LogP contribution < -0.4 is 4.90 Å². The maximum atomic E-state index is 11.2. The molecule has 0 aliphatic rings. The number of benzene rings is 1. The summed E-state index contributed by atoms with van der Waals surface area (Å²) in [6, 6.07) is 5.89. The Morgan fingerprint density at radius 3 is 2.47 bits per heavy atom. The summed E-state index contributed by atoms with van der Waals surface area (Å²) < 4.78 is 0.940. The van der Waals surface area contributed by atoms with Crippen LogP contribution in [0.15, 0.2) is 22.7 Å². The molecule has 0 aliphatic heterocycles. The first-order valence-corrected chi connectivity index (χ1v) is 7.37. The van der Waals surface area contributed by atoms with Gasteiger partial charge in [0.25, 0.3) is 0 Å². The molecule has 1 rings (SSSR count). The van der Waals surface area contributed by atoms with Crippen molar-refractivity contribution in [1.82, 2.24) is 4.90 Å². The van der Waals surface area contributed by atoms with Crippen LogP contribution in [0.3, 0.4) is 0 Å². The van der Waals surface area contributed by atoms with Crippen LogP contribution in [0, 0.1) is 5.92 Å². The molecule has 19 heavy (non-hydrogen) atoms. The summed E-state index contributed by atoms with van der Waals surface area (Å²) >= 11 is 3.41. The van der Waals surface area contributed by atoms with Crippen molar-refractivity contribution in [2.75, 3.05) is 38.6 Å². The average molecular weight is 327 g/mol. The Morgan fingerprint density at radius 1 is 1.26 bits per heavy atom. The van der Waals surface area contributed by atoms with Crippen molar-refractivity contribution >= 4 is 27.9 Å². The summed E-state index contributed by atoms with van der Waals surface area (Å²) in [5, 5.41) is 0. The predicted molar refractivity (Wildman–Crippen MR) is 85.1 cm³/mol. The molecular weight excluding hydrogens is 304 g/mol. The summed E-state index contributed by atoms with van der Waals surface area (Å²) in [5.74, 6) is 0.560. The third kappa shape index (κ3) is 5.33. The van der Waals surface area contributed by atoms with Gasteiger partial charge in [-0.3, -0.25) is 4.79 Å². The SMILES string of the molecule is CC(C)CN(CCN(C)C)c1ccc(Br)cc1C=O. The Kier molecular flexibility index (Phi) is 6.52. The van der Waals surface area contributed by atoms with Crippen LogP contribution in [0.2, 0.25) is 0 Å². The van der Waals surface area contributed by atoms with Gasteiger partial charge in [-0.15, -0.1) is 0 Å². The van der Waals surface area contributed by atoms with Crippen LogP contribution >= 0.6 is 15.9 Å². The van der Waals surface area contributed by atoms with Gasteiger partial charge in [0.2, 0.25) is 0 Å². The number of rotatable bonds is 7. The first kappa shape index (κ1) is 16.2. The topological polar surface area (TPSA) is 23.6 Å². The maximum Gasteiger partial charge on any atom is 0.152 e. The van der Waals surface area contributed by atoms with Gasteiger partial charge in [0, 0.05) is 35.4 Å². The molecule has 0 radical (unpaired) electrons. The van der Waals surface area contributed by atoms with Crippen molar-refractivity contribution in [3.63, 3.8) is 0 Å². The molecule has 1 aromatic carbocycles. The Morgan fingerprint density at radius 2 is 1.95 bits per heavy atom. The molecule has 0 atom stereocenters. The van der Waals surface area contributed by atoms with E-state index in [4.69, 9.17) is 0 Å². The maximum absolute atomic E-state index is 11.2. The molecule has 0 saturated heterocycles. The van der Waals surface area contributed by atoms with Crippen LogP contribution in [0.4, 0.5) is 5.69 Å². The van der Waals surface area contributed by atoms with Crippen molar-refractivity contribution in [3.05, 3.63) is 28.2 Å². The number of halogens is 1. The smallest absolute Gasteiger partial charge is 0.152 e. The van der Waals surface area contributed by atoms with Gasteiger partial charge in [-0.05, 0) is 38.2 Å². The van der Waals surface area contributed by atoms with Crippen molar-refractivity contribution in [1.29, 1.82) is 0 Å². The molecule has 0 N–H and O–H groups in total. The van der Waals surface area contributed by atoms with Crippen molar-refractivity contribution in [2.24, 2.45) is 5.92 Å². The van der Waals surface area contributed by atoms with Crippen LogP contribution in [0.25, 0.3) is 0 Å². The average Bonchev–Trinajstić information content (AvgIpc) is 2.33. The quantitative estimate of drug-likeness (QED) is 0.718.